The molecule has 182 valence electrons. The third-order valence-corrected chi connectivity index (χ3v) is 7.66. The van der Waals surface area contributed by atoms with Crippen LogP contribution in [0.15, 0.2) is 48.8 Å². The van der Waals surface area contributed by atoms with Crippen LogP contribution in [-0.4, -0.2) is 31.1 Å². The van der Waals surface area contributed by atoms with Crippen molar-refractivity contribution in [2.24, 2.45) is 5.41 Å². The molecule has 0 aliphatic heterocycles. The second-order valence-corrected chi connectivity index (χ2v) is 10.2. The van der Waals surface area contributed by atoms with E-state index in [9.17, 15) is 15.0 Å². The predicted molar refractivity (Wildman–Crippen MR) is 134 cm³/mol. The first-order valence-corrected chi connectivity index (χ1v) is 12.4. The van der Waals surface area contributed by atoms with Crippen LogP contribution in [0.5, 0.6) is 0 Å². The number of carboxylic acids is 1. The van der Waals surface area contributed by atoms with Crippen LogP contribution >= 0.6 is 0 Å². The van der Waals surface area contributed by atoms with Crippen LogP contribution in [0.4, 0.5) is 11.6 Å². The molecule has 0 amide bonds. The Morgan fingerprint density at radius 2 is 1.83 bits per heavy atom. The highest BCUT2D eigenvalue weighted by Gasteiger charge is 2.55. The van der Waals surface area contributed by atoms with Gasteiger partial charge in [-0.3, -0.25) is 9.78 Å². The highest BCUT2D eigenvalue weighted by molar-refractivity contribution is 5.77. The van der Waals surface area contributed by atoms with E-state index in [0.29, 0.717) is 30.3 Å². The number of rotatable bonds is 7. The molecular formula is C28H32N4O3. The fourth-order valence-electron chi connectivity index (χ4n) is 5.34. The molecule has 2 aliphatic carbocycles. The minimum absolute atomic E-state index is 0.373. The number of aliphatic carboxylic acids is 1. The maximum atomic E-state index is 12.3. The van der Waals surface area contributed by atoms with Gasteiger partial charge in [0.25, 0.3) is 0 Å². The van der Waals surface area contributed by atoms with Gasteiger partial charge in [-0.25, -0.2) is 9.97 Å². The lowest BCUT2D eigenvalue weighted by Crippen LogP contribution is -2.50. The second kappa shape index (κ2) is 9.04. The molecule has 3 aromatic rings. The number of carboxylic acid groups (broad SMARTS) is 1. The minimum Gasteiger partial charge on any atom is -0.481 e. The van der Waals surface area contributed by atoms with E-state index in [1.807, 2.05) is 31.3 Å². The smallest absolute Gasteiger partial charge is 0.312 e. The van der Waals surface area contributed by atoms with E-state index in [1.165, 1.54) is 18.4 Å². The summed E-state index contributed by atoms with van der Waals surface area (Å²) < 4.78 is 0. The molecule has 1 unspecified atom stereocenters. The van der Waals surface area contributed by atoms with Gasteiger partial charge in [-0.05, 0) is 93.0 Å². The Balaban J connectivity index is 1.40. The molecule has 0 spiro atoms. The van der Waals surface area contributed by atoms with Gasteiger partial charge in [-0.15, -0.1) is 0 Å². The predicted octanol–water partition coefficient (Wildman–Crippen LogP) is 5.71. The van der Waals surface area contributed by atoms with Crippen molar-refractivity contribution in [1.82, 2.24) is 15.0 Å². The molecular weight excluding hydrogens is 440 g/mol. The molecule has 7 nitrogen and oxygen atoms in total. The van der Waals surface area contributed by atoms with Gasteiger partial charge in [-0.2, -0.15) is 0 Å². The number of nitrogens with zero attached hydrogens (tertiary/aromatic N) is 3. The largest absolute Gasteiger partial charge is 0.481 e. The molecule has 1 atom stereocenters. The molecule has 2 saturated carbocycles. The molecule has 3 aromatic heterocycles. The standard InChI is InChI=1S/C28H32N4O3/c1-18-14-22(31-25(15-18)32-24-16-20(10-13-29-24)19-6-7-19)21-8-9-23(30-17-21)27(2,35)28(26(33)34)11-4-3-5-12-28/h8-10,13-17,19,35H,3-7,11-12H2,1-2H3,(H,33,34)(H,29,31,32). The number of hydrogen-bond acceptors (Lipinski definition) is 6. The third-order valence-electron chi connectivity index (χ3n) is 7.66. The SMILES string of the molecule is Cc1cc(Nc2cc(C3CC3)ccn2)nc(-c2ccc(C(C)(O)C3(C(=O)O)CCCCC3)nc2)c1. The van der Waals surface area contributed by atoms with Gasteiger partial charge >= 0.3 is 5.97 Å². The van der Waals surface area contributed by atoms with Crippen LogP contribution in [0, 0.1) is 12.3 Å². The molecule has 0 saturated heterocycles. The van der Waals surface area contributed by atoms with Gasteiger partial charge in [0.2, 0.25) is 0 Å². The molecule has 3 N–H and O–H groups in total. The monoisotopic (exact) mass is 472 g/mol. The number of aromatic nitrogens is 3. The van der Waals surface area contributed by atoms with Crippen molar-refractivity contribution in [3.8, 4) is 11.3 Å². The molecule has 35 heavy (non-hydrogen) atoms. The lowest BCUT2D eigenvalue weighted by Gasteiger charge is -2.44. The van der Waals surface area contributed by atoms with E-state index in [4.69, 9.17) is 4.98 Å². The topological polar surface area (TPSA) is 108 Å². The molecule has 2 fully saturated rings. The quantitative estimate of drug-likeness (QED) is 0.404. The highest BCUT2D eigenvalue weighted by Crippen LogP contribution is 2.49. The first kappa shape index (κ1) is 23.4. The number of aliphatic hydroxyl groups is 1. The average molecular weight is 473 g/mol. The maximum Gasteiger partial charge on any atom is 0.312 e. The number of nitrogens with one attached hydrogen (secondary N) is 1. The summed E-state index contributed by atoms with van der Waals surface area (Å²) in [5, 5.41) is 24.8. The minimum atomic E-state index is -1.57. The summed E-state index contributed by atoms with van der Waals surface area (Å²) in [6.07, 6.45) is 9.44. The van der Waals surface area contributed by atoms with E-state index >= 15 is 0 Å². The average Bonchev–Trinajstić information content (AvgIpc) is 3.70. The Kier molecular flexibility index (Phi) is 6.05. The van der Waals surface area contributed by atoms with Crippen molar-refractivity contribution in [3.05, 3.63) is 65.6 Å². The van der Waals surface area contributed by atoms with Crippen molar-refractivity contribution in [2.45, 2.75) is 70.3 Å². The van der Waals surface area contributed by atoms with Gasteiger partial charge in [0, 0.05) is 18.0 Å². The summed E-state index contributed by atoms with van der Waals surface area (Å²) in [4.78, 5) is 26.0. The number of aryl methyl sites for hydroxylation is 1. The Bertz CT molecular complexity index is 1230. The summed E-state index contributed by atoms with van der Waals surface area (Å²) in [6, 6.07) is 11.7. The molecule has 3 heterocycles. The summed E-state index contributed by atoms with van der Waals surface area (Å²) in [5.41, 5.74) is 1.47. The summed E-state index contributed by atoms with van der Waals surface area (Å²) >= 11 is 0. The Labute approximate surface area is 205 Å². The van der Waals surface area contributed by atoms with E-state index in [0.717, 1.165) is 41.9 Å². The van der Waals surface area contributed by atoms with Crippen LogP contribution in [-0.2, 0) is 10.4 Å². The molecule has 0 aromatic carbocycles. The van der Waals surface area contributed by atoms with E-state index in [-0.39, 0.29) is 0 Å². The zero-order valence-electron chi connectivity index (χ0n) is 20.3. The normalized spacial score (nSPS) is 19.1. The van der Waals surface area contributed by atoms with E-state index < -0.39 is 17.0 Å². The van der Waals surface area contributed by atoms with E-state index in [2.05, 4.69) is 27.4 Å². The molecule has 0 radical (unpaired) electrons. The molecule has 5 rings (SSSR count). The summed E-state index contributed by atoms with van der Waals surface area (Å²) in [7, 11) is 0. The molecule has 7 heteroatoms. The number of carbonyl (C=O) groups is 1. The second-order valence-electron chi connectivity index (χ2n) is 10.2. The van der Waals surface area contributed by atoms with Crippen LogP contribution in [0.3, 0.4) is 0 Å². The van der Waals surface area contributed by atoms with Gasteiger partial charge in [0.1, 0.15) is 22.7 Å². The van der Waals surface area contributed by atoms with Crippen molar-refractivity contribution in [1.29, 1.82) is 0 Å². The zero-order chi connectivity index (χ0) is 24.6. The van der Waals surface area contributed by atoms with Crippen LogP contribution in [0.2, 0.25) is 0 Å². The fourth-order valence-corrected chi connectivity index (χ4v) is 5.34. The lowest BCUT2D eigenvalue weighted by atomic mass is 9.62. The van der Waals surface area contributed by atoms with Crippen LogP contribution in [0.25, 0.3) is 11.3 Å². The van der Waals surface area contributed by atoms with Gasteiger partial charge < -0.3 is 15.5 Å². The lowest BCUT2D eigenvalue weighted by molar-refractivity contribution is -0.175. The highest BCUT2D eigenvalue weighted by atomic mass is 16.4. The first-order chi connectivity index (χ1) is 16.8. The van der Waals surface area contributed by atoms with Crippen molar-refractivity contribution < 1.29 is 15.0 Å². The Morgan fingerprint density at radius 1 is 1.06 bits per heavy atom. The van der Waals surface area contributed by atoms with Gasteiger partial charge in [-0.1, -0.05) is 19.3 Å². The Morgan fingerprint density at radius 3 is 2.49 bits per heavy atom. The summed E-state index contributed by atoms with van der Waals surface area (Å²) in [6.45, 7) is 3.60. The zero-order valence-corrected chi connectivity index (χ0v) is 20.3. The van der Waals surface area contributed by atoms with Gasteiger partial charge in [0.05, 0.1) is 11.4 Å². The molecule has 2 aliphatic rings. The van der Waals surface area contributed by atoms with Crippen molar-refractivity contribution >= 4 is 17.6 Å². The van der Waals surface area contributed by atoms with E-state index in [1.54, 1.807) is 19.2 Å². The van der Waals surface area contributed by atoms with Crippen molar-refractivity contribution in [3.63, 3.8) is 0 Å². The van der Waals surface area contributed by atoms with Crippen LogP contribution < -0.4 is 5.32 Å². The molecule has 0 bridgehead atoms. The first-order valence-electron chi connectivity index (χ1n) is 12.4. The number of hydrogen-bond donors (Lipinski definition) is 3. The maximum absolute atomic E-state index is 12.3. The van der Waals surface area contributed by atoms with Gasteiger partial charge in [0.15, 0.2) is 0 Å². The van der Waals surface area contributed by atoms with Crippen LogP contribution in [0.1, 0.15) is 74.6 Å². The number of pyridine rings is 3. The third kappa shape index (κ3) is 4.52. The number of anilines is 2. The Hall–Kier alpha value is -3.32. The summed E-state index contributed by atoms with van der Waals surface area (Å²) in [5.74, 6) is 1.16. The fraction of sp³-hybridized carbons (Fsp3) is 0.429. The van der Waals surface area contributed by atoms with Crippen molar-refractivity contribution in [2.75, 3.05) is 5.32 Å².